The topological polar surface area (TPSA) is 95.4 Å². The lowest BCUT2D eigenvalue weighted by Gasteiger charge is -2.27. The highest BCUT2D eigenvalue weighted by Gasteiger charge is 2.38. The third-order valence-corrected chi connectivity index (χ3v) is 6.74. The fourth-order valence-corrected chi connectivity index (χ4v) is 5.12. The Bertz CT molecular complexity index is 1880. The second-order valence-corrected chi connectivity index (χ2v) is 9.08. The molecular weight excluding hydrogens is 501 g/mol. The van der Waals surface area contributed by atoms with Gasteiger partial charge in [-0.05, 0) is 42.0 Å². The quantitative estimate of drug-likeness (QED) is 0.266. The highest BCUT2D eigenvalue weighted by atomic mass is 35.5. The number of fused-ring (bicyclic) bond motifs is 6. The maximum absolute atomic E-state index is 13.4. The summed E-state index contributed by atoms with van der Waals surface area (Å²) in [6.07, 6.45) is 4.87. The lowest BCUT2D eigenvalue weighted by atomic mass is 9.84. The number of hydrogen-bond donors (Lipinski definition) is 0. The van der Waals surface area contributed by atoms with Gasteiger partial charge in [-0.1, -0.05) is 41.4 Å². The van der Waals surface area contributed by atoms with Crippen molar-refractivity contribution in [1.82, 2.24) is 24.6 Å². The number of para-hydroxylation sites is 1. The molecule has 1 atom stereocenters. The van der Waals surface area contributed by atoms with Crippen molar-refractivity contribution in [2.75, 3.05) is 0 Å². The van der Waals surface area contributed by atoms with E-state index in [-0.39, 0.29) is 0 Å². The highest BCUT2D eigenvalue weighted by molar-refractivity contribution is 6.35. The van der Waals surface area contributed by atoms with Crippen LogP contribution in [0.15, 0.2) is 82.5 Å². The van der Waals surface area contributed by atoms with Gasteiger partial charge in [0.25, 0.3) is 0 Å². The summed E-state index contributed by atoms with van der Waals surface area (Å²) in [7, 11) is 0. The zero-order chi connectivity index (χ0) is 24.4. The molecule has 0 saturated carbocycles. The van der Waals surface area contributed by atoms with Gasteiger partial charge in [-0.15, -0.1) is 5.10 Å². The molecule has 8 nitrogen and oxygen atoms in total. The fourth-order valence-electron chi connectivity index (χ4n) is 4.60. The molecule has 10 heteroatoms. The number of rotatable bonds is 2. The Morgan fingerprint density at radius 1 is 0.972 bits per heavy atom. The number of aromatic nitrogens is 5. The minimum Gasteiger partial charge on any atom is -0.437 e. The Balaban J connectivity index is 1.58. The van der Waals surface area contributed by atoms with E-state index in [1.807, 2.05) is 24.3 Å². The van der Waals surface area contributed by atoms with Gasteiger partial charge in [0, 0.05) is 28.0 Å². The summed E-state index contributed by atoms with van der Waals surface area (Å²) in [6.45, 7) is 0. The largest absolute Gasteiger partial charge is 0.437 e. The normalized spacial score (nSPS) is 14.4. The molecule has 6 aromatic rings. The van der Waals surface area contributed by atoms with Crippen molar-refractivity contribution in [3.8, 4) is 23.0 Å². The maximum atomic E-state index is 13.4. The molecule has 0 fully saturated rings. The Kier molecular flexibility index (Phi) is 4.60. The van der Waals surface area contributed by atoms with Crippen LogP contribution in [0.4, 0.5) is 0 Å². The number of nitrogens with zero attached hydrogens (tertiary/aromatic N) is 5. The van der Waals surface area contributed by atoms with Crippen LogP contribution in [0.5, 0.6) is 11.6 Å². The van der Waals surface area contributed by atoms with Crippen molar-refractivity contribution >= 4 is 39.8 Å². The fraction of sp³-hybridized carbons (Fsp3) is 0.0385. The molecule has 0 spiro atoms. The van der Waals surface area contributed by atoms with Crippen LogP contribution in [0.25, 0.3) is 28.0 Å². The molecule has 0 radical (unpaired) electrons. The van der Waals surface area contributed by atoms with Gasteiger partial charge in [0.1, 0.15) is 11.9 Å². The molecule has 0 aliphatic carbocycles. The second-order valence-electron chi connectivity index (χ2n) is 8.23. The summed E-state index contributed by atoms with van der Waals surface area (Å²) in [5.41, 5.74) is 2.61. The summed E-state index contributed by atoms with van der Waals surface area (Å²) < 4.78 is 13.5. The lowest BCUT2D eigenvalue weighted by Crippen LogP contribution is -2.22. The van der Waals surface area contributed by atoms with Gasteiger partial charge >= 0.3 is 5.63 Å². The number of hydrogen-bond acceptors (Lipinski definition) is 7. The van der Waals surface area contributed by atoms with Gasteiger partial charge in [0.15, 0.2) is 17.2 Å². The average molecular weight is 514 g/mol. The molecule has 7 rings (SSSR count). The van der Waals surface area contributed by atoms with E-state index in [1.165, 1.54) is 6.33 Å². The Morgan fingerprint density at radius 3 is 2.64 bits per heavy atom. The summed E-state index contributed by atoms with van der Waals surface area (Å²) in [6, 6.07) is 16.0. The first kappa shape index (κ1) is 21.0. The second kappa shape index (κ2) is 7.87. The van der Waals surface area contributed by atoms with E-state index < -0.39 is 11.5 Å². The predicted octanol–water partition coefficient (Wildman–Crippen LogP) is 5.89. The van der Waals surface area contributed by atoms with Crippen LogP contribution in [0, 0.1) is 0 Å². The summed E-state index contributed by atoms with van der Waals surface area (Å²) in [5.74, 6) is 0.455. The van der Waals surface area contributed by atoms with E-state index in [0.29, 0.717) is 60.8 Å². The van der Waals surface area contributed by atoms with Crippen molar-refractivity contribution in [2.24, 2.45) is 0 Å². The van der Waals surface area contributed by atoms with Crippen LogP contribution in [0.1, 0.15) is 22.6 Å². The van der Waals surface area contributed by atoms with Crippen molar-refractivity contribution in [3.63, 3.8) is 0 Å². The predicted molar refractivity (Wildman–Crippen MR) is 134 cm³/mol. The third kappa shape index (κ3) is 3.12. The number of ether oxygens (including phenoxy) is 1. The van der Waals surface area contributed by atoms with Crippen LogP contribution in [-0.4, -0.2) is 24.6 Å². The molecule has 0 N–H and O–H groups in total. The number of benzene rings is 2. The standard InChI is InChI=1S/C26H13Cl2N5O3/c27-14-5-6-15(17(28)11-14)19-20-22(16-3-1-2-4-18(16)35-26(20)34)36-25-21(19)24-31-23(32-33(24)12-30-25)13-7-9-29-10-8-13/h1-12,19H. The van der Waals surface area contributed by atoms with Gasteiger partial charge in [0.2, 0.25) is 5.88 Å². The maximum Gasteiger partial charge on any atom is 0.344 e. The van der Waals surface area contributed by atoms with E-state index >= 15 is 0 Å². The Hall–Kier alpha value is -4.27. The van der Waals surface area contributed by atoms with E-state index in [1.54, 1.807) is 47.2 Å². The van der Waals surface area contributed by atoms with Gasteiger partial charge in [0.05, 0.1) is 22.4 Å². The smallest absolute Gasteiger partial charge is 0.344 e. The first-order valence-corrected chi connectivity index (χ1v) is 11.7. The van der Waals surface area contributed by atoms with Crippen molar-refractivity contribution in [3.05, 3.63) is 110 Å². The first-order chi connectivity index (χ1) is 17.6. The van der Waals surface area contributed by atoms with Crippen molar-refractivity contribution in [2.45, 2.75) is 5.92 Å². The molecule has 0 saturated heterocycles. The molecule has 1 aliphatic rings. The van der Waals surface area contributed by atoms with Crippen molar-refractivity contribution in [1.29, 1.82) is 0 Å². The van der Waals surface area contributed by atoms with E-state index in [0.717, 1.165) is 5.56 Å². The minimum atomic E-state index is -0.694. The molecule has 1 unspecified atom stereocenters. The van der Waals surface area contributed by atoms with Crippen LogP contribution < -0.4 is 10.4 Å². The average Bonchev–Trinajstić information content (AvgIpc) is 3.33. The molecule has 1 aliphatic heterocycles. The van der Waals surface area contributed by atoms with E-state index in [2.05, 4.69) is 15.1 Å². The molecule has 174 valence electrons. The SMILES string of the molecule is O=c1oc2ccccc2c2c1C(c1ccc(Cl)cc1Cl)c1c(ncn3nc(-c4ccncc4)nc13)O2. The number of halogens is 2. The van der Waals surface area contributed by atoms with Crippen LogP contribution >= 0.6 is 23.2 Å². The van der Waals surface area contributed by atoms with Gasteiger partial charge < -0.3 is 9.15 Å². The molecule has 36 heavy (non-hydrogen) atoms. The molecule has 4 aromatic heterocycles. The summed E-state index contributed by atoms with van der Waals surface area (Å²) in [5, 5.41) is 6.09. The van der Waals surface area contributed by atoms with Gasteiger partial charge in [-0.25, -0.2) is 19.3 Å². The molecular formula is C26H13Cl2N5O3. The number of pyridine rings is 1. The van der Waals surface area contributed by atoms with Gasteiger partial charge in [-0.3, -0.25) is 4.98 Å². The highest BCUT2D eigenvalue weighted by Crippen LogP contribution is 2.50. The Morgan fingerprint density at radius 2 is 1.81 bits per heavy atom. The molecule has 2 aromatic carbocycles. The zero-order valence-corrected chi connectivity index (χ0v) is 19.7. The van der Waals surface area contributed by atoms with Crippen LogP contribution in [-0.2, 0) is 0 Å². The summed E-state index contributed by atoms with van der Waals surface area (Å²) in [4.78, 5) is 26.8. The third-order valence-electron chi connectivity index (χ3n) is 6.17. The monoisotopic (exact) mass is 513 g/mol. The van der Waals surface area contributed by atoms with Crippen LogP contribution in [0.3, 0.4) is 0 Å². The molecule has 0 bridgehead atoms. The van der Waals surface area contributed by atoms with Crippen LogP contribution in [0.2, 0.25) is 10.0 Å². The molecule has 5 heterocycles. The molecule has 0 amide bonds. The summed E-state index contributed by atoms with van der Waals surface area (Å²) >= 11 is 12.9. The first-order valence-electron chi connectivity index (χ1n) is 10.9. The van der Waals surface area contributed by atoms with E-state index in [9.17, 15) is 4.79 Å². The van der Waals surface area contributed by atoms with E-state index in [4.69, 9.17) is 37.3 Å². The zero-order valence-electron chi connectivity index (χ0n) is 18.2. The van der Waals surface area contributed by atoms with Gasteiger partial charge in [-0.2, -0.15) is 0 Å². The lowest BCUT2D eigenvalue weighted by molar-refractivity contribution is 0.422. The van der Waals surface area contributed by atoms with Crippen molar-refractivity contribution < 1.29 is 9.15 Å². The minimum absolute atomic E-state index is 0.300. The Labute approximate surface area is 212 Å².